The molecule has 1 N–H and O–H groups in total. The molecule has 1 fully saturated rings. The van der Waals surface area contributed by atoms with Crippen LogP contribution in [0.25, 0.3) is 0 Å². The van der Waals surface area contributed by atoms with E-state index in [0.717, 1.165) is 36.0 Å². The van der Waals surface area contributed by atoms with Crippen molar-refractivity contribution in [2.24, 2.45) is 11.3 Å². The zero-order valence-corrected chi connectivity index (χ0v) is 16.7. The number of carbonyl (C=O) groups excluding carboxylic acids is 2. The second-order valence-corrected chi connectivity index (χ2v) is 8.67. The van der Waals surface area contributed by atoms with E-state index in [1.54, 1.807) is 13.8 Å². The topological polar surface area (TPSA) is 98.7 Å². The predicted molar refractivity (Wildman–Crippen MR) is 103 cm³/mol. The summed E-state index contributed by atoms with van der Waals surface area (Å²) in [5.74, 6) is -1.25. The third kappa shape index (κ3) is 3.28. The van der Waals surface area contributed by atoms with Gasteiger partial charge in [0.1, 0.15) is 5.92 Å². The molecule has 1 atom stereocenters. The number of nitrogens with zero attached hydrogens (tertiary/aromatic N) is 3. The number of nitriles is 2. The molecular formula is C20H22N4O2S. The maximum absolute atomic E-state index is 12.8. The smallest absolute Gasteiger partial charge is 0.243 e. The Morgan fingerprint density at radius 3 is 2.59 bits per heavy atom. The van der Waals surface area contributed by atoms with Gasteiger partial charge in [-0.15, -0.1) is 0 Å². The lowest BCUT2D eigenvalue weighted by Gasteiger charge is -2.34. The van der Waals surface area contributed by atoms with Gasteiger partial charge in [-0.1, -0.05) is 25.6 Å². The Morgan fingerprint density at radius 2 is 2.04 bits per heavy atom. The number of Topliss-reactive ketones (excluding diaryl/α,β-unsaturated/α-hetero) is 1. The number of allylic oxidation sites excluding steroid dienone is 1. The Bertz CT molecular complexity index is 938. The molecule has 2 aliphatic rings. The Morgan fingerprint density at radius 1 is 1.37 bits per heavy atom. The van der Waals surface area contributed by atoms with Gasteiger partial charge in [-0.05, 0) is 32.8 Å². The number of amides is 1. The van der Waals surface area contributed by atoms with Crippen LogP contribution in [0.2, 0.25) is 0 Å². The van der Waals surface area contributed by atoms with Crippen LogP contribution in [0.3, 0.4) is 0 Å². The first-order valence-electron chi connectivity index (χ1n) is 8.92. The number of hydrogen-bond acceptors (Lipinski definition) is 5. The standard InChI is InChI=1S/C20H22N4O2S/c1-11-7-14(12(2)24(11)13-5-6-13)17(25)10-27-19-16(9-22)20(3,4)15(8-21)18(26)23-19/h7,13,15H,5-6,10H2,1-4H3,(H,23,26)/t15-/m0/s1. The van der Waals surface area contributed by atoms with Crippen molar-refractivity contribution in [1.29, 1.82) is 10.5 Å². The number of carbonyl (C=O) groups is 2. The van der Waals surface area contributed by atoms with Crippen LogP contribution in [0.15, 0.2) is 16.7 Å². The van der Waals surface area contributed by atoms with Gasteiger partial charge in [-0.2, -0.15) is 10.5 Å². The molecule has 7 heteroatoms. The van der Waals surface area contributed by atoms with Crippen molar-refractivity contribution < 1.29 is 9.59 Å². The average molecular weight is 382 g/mol. The first-order chi connectivity index (χ1) is 12.7. The van der Waals surface area contributed by atoms with Crippen molar-refractivity contribution in [2.75, 3.05) is 5.75 Å². The predicted octanol–water partition coefficient (Wildman–Crippen LogP) is 3.39. The maximum atomic E-state index is 12.8. The van der Waals surface area contributed by atoms with Crippen LogP contribution in [0.4, 0.5) is 0 Å². The number of ketones is 1. The molecule has 1 aromatic rings. The number of nitrogens with one attached hydrogen (secondary N) is 1. The fourth-order valence-electron chi connectivity index (χ4n) is 3.70. The normalized spacial score (nSPS) is 21.4. The van der Waals surface area contributed by atoms with Crippen LogP contribution in [0.1, 0.15) is 54.5 Å². The summed E-state index contributed by atoms with van der Waals surface area (Å²) >= 11 is 1.16. The van der Waals surface area contributed by atoms with Crippen molar-refractivity contribution in [1.82, 2.24) is 9.88 Å². The molecule has 0 aromatic carbocycles. The van der Waals surface area contributed by atoms with E-state index in [4.69, 9.17) is 0 Å². The van der Waals surface area contributed by atoms with Gasteiger partial charge in [0.25, 0.3) is 0 Å². The lowest BCUT2D eigenvalue weighted by Crippen LogP contribution is -2.44. The van der Waals surface area contributed by atoms with Gasteiger partial charge < -0.3 is 9.88 Å². The molecule has 0 bridgehead atoms. The average Bonchev–Trinajstić information content (AvgIpc) is 3.37. The lowest BCUT2D eigenvalue weighted by molar-refractivity contribution is -0.125. The number of aromatic nitrogens is 1. The van der Waals surface area contributed by atoms with E-state index in [1.165, 1.54) is 0 Å². The molecule has 3 rings (SSSR count). The summed E-state index contributed by atoms with van der Waals surface area (Å²) in [6, 6.07) is 6.52. The van der Waals surface area contributed by atoms with Crippen molar-refractivity contribution in [2.45, 2.75) is 46.6 Å². The minimum Gasteiger partial charge on any atom is -0.345 e. The SMILES string of the molecule is Cc1cc(C(=O)CSC2=C(C#N)C(C)(C)[C@@H](C#N)C(=O)N2)c(C)n1C1CC1. The molecule has 1 aliphatic carbocycles. The van der Waals surface area contributed by atoms with Gasteiger partial charge >= 0.3 is 0 Å². The quantitative estimate of drug-likeness (QED) is 0.787. The summed E-state index contributed by atoms with van der Waals surface area (Å²) < 4.78 is 2.22. The van der Waals surface area contributed by atoms with E-state index >= 15 is 0 Å². The van der Waals surface area contributed by atoms with Crippen LogP contribution < -0.4 is 5.32 Å². The molecule has 140 valence electrons. The monoisotopic (exact) mass is 382 g/mol. The summed E-state index contributed by atoms with van der Waals surface area (Å²) in [4.78, 5) is 25.0. The van der Waals surface area contributed by atoms with E-state index in [1.807, 2.05) is 26.0 Å². The fourth-order valence-corrected chi connectivity index (χ4v) is 4.76. The molecular weight excluding hydrogens is 360 g/mol. The minimum absolute atomic E-state index is 0.0285. The zero-order chi connectivity index (χ0) is 19.9. The largest absolute Gasteiger partial charge is 0.345 e. The van der Waals surface area contributed by atoms with Gasteiger partial charge in [-0.3, -0.25) is 9.59 Å². The highest BCUT2D eigenvalue weighted by molar-refractivity contribution is 8.03. The van der Waals surface area contributed by atoms with Crippen LogP contribution >= 0.6 is 11.8 Å². The number of rotatable bonds is 5. The third-order valence-electron chi connectivity index (χ3n) is 5.38. The molecule has 27 heavy (non-hydrogen) atoms. The first kappa shape index (κ1) is 19.3. The van der Waals surface area contributed by atoms with E-state index in [9.17, 15) is 20.1 Å². The second kappa shape index (κ2) is 6.90. The van der Waals surface area contributed by atoms with Gasteiger partial charge in [0.15, 0.2) is 5.78 Å². The molecule has 0 radical (unpaired) electrons. The lowest BCUT2D eigenvalue weighted by atomic mass is 9.72. The molecule has 6 nitrogen and oxygen atoms in total. The van der Waals surface area contributed by atoms with Crippen LogP contribution in [-0.4, -0.2) is 22.0 Å². The highest BCUT2D eigenvalue weighted by atomic mass is 32.2. The van der Waals surface area contributed by atoms with Gasteiger partial charge in [0.05, 0.1) is 28.5 Å². The van der Waals surface area contributed by atoms with Crippen molar-refractivity contribution >= 4 is 23.5 Å². The van der Waals surface area contributed by atoms with Crippen LogP contribution in [-0.2, 0) is 4.79 Å². The van der Waals surface area contributed by atoms with E-state index < -0.39 is 17.2 Å². The minimum atomic E-state index is -0.926. The van der Waals surface area contributed by atoms with Gasteiger partial charge in [0, 0.05) is 28.4 Å². The number of aryl methyl sites for hydroxylation is 1. The highest BCUT2D eigenvalue weighted by Crippen LogP contribution is 2.42. The van der Waals surface area contributed by atoms with E-state index in [0.29, 0.717) is 22.2 Å². The Hall–Kier alpha value is -2.51. The zero-order valence-electron chi connectivity index (χ0n) is 15.9. The molecule has 1 amide bonds. The summed E-state index contributed by atoms with van der Waals surface area (Å²) in [5, 5.41) is 21.8. The summed E-state index contributed by atoms with van der Waals surface area (Å²) in [5.41, 5.74) is 2.22. The fraction of sp³-hybridized carbons (Fsp3) is 0.500. The molecule has 2 heterocycles. The molecule has 1 aliphatic heterocycles. The van der Waals surface area contributed by atoms with E-state index in [2.05, 4.69) is 16.0 Å². The summed E-state index contributed by atoms with van der Waals surface area (Å²) in [7, 11) is 0. The Kier molecular flexibility index (Phi) is 4.92. The van der Waals surface area contributed by atoms with Crippen LogP contribution in [0.5, 0.6) is 0 Å². The van der Waals surface area contributed by atoms with Gasteiger partial charge in [-0.25, -0.2) is 0 Å². The van der Waals surface area contributed by atoms with E-state index in [-0.39, 0.29) is 11.5 Å². The summed E-state index contributed by atoms with van der Waals surface area (Å²) in [6.07, 6.45) is 2.30. The van der Waals surface area contributed by atoms with Crippen LogP contribution in [0, 0.1) is 47.8 Å². The second-order valence-electron chi connectivity index (χ2n) is 7.69. The molecule has 1 saturated carbocycles. The molecule has 0 saturated heterocycles. The molecule has 1 aromatic heterocycles. The number of hydrogen-bond donors (Lipinski definition) is 1. The van der Waals surface area contributed by atoms with Crippen molar-refractivity contribution in [3.63, 3.8) is 0 Å². The summed E-state index contributed by atoms with van der Waals surface area (Å²) in [6.45, 7) is 7.40. The third-order valence-corrected chi connectivity index (χ3v) is 6.38. The van der Waals surface area contributed by atoms with Crippen molar-refractivity contribution in [3.8, 4) is 12.1 Å². The van der Waals surface area contributed by atoms with Gasteiger partial charge in [0.2, 0.25) is 5.91 Å². The Balaban J connectivity index is 1.82. The highest BCUT2D eigenvalue weighted by Gasteiger charge is 2.44. The Labute approximate surface area is 163 Å². The molecule has 0 spiro atoms. The molecule has 0 unspecified atom stereocenters. The number of thioether (sulfide) groups is 1. The van der Waals surface area contributed by atoms with Crippen molar-refractivity contribution in [3.05, 3.63) is 33.6 Å². The first-order valence-corrected chi connectivity index (χ1v) is 9.90. The maximum Gasteiger partial charge on any atom is 0.243 e.